The highest BCUT2D eigenvalue weighted by Crippen LogP contribution is 2.21. The van der Waals surface area contributed by atoms with Crippen molar-refractivity contribution in [1.82, 2.24) is 10.2 Å². The molecule has 192 valence electrons. The van der Waals surface area contributed by atoms with Gasteiger partial charge in [0.15, 0.2) is 0 Å². The fraction of sp³-hybridized carbons (Fsp3) is 0.267. The van der Waals surface area contributed by atoms with Crippen LogP contribution in [-0.2, 0) is 27.3 Å². The maximum Gasteiger partial charge on any atom is 0.251 e. The van der Waals surface area contributed by atoms with Crippen molar-refractivity contribution < 1.29 is 18.7 Å². The third-order valence-electron chi connectivity index (χ3n) is 6.18. The van der Waals surface area contributed by atoms with Crippen molar-refractivity contribution in [1.29, 1.82) is 0 Å². The number of nitrogens with zero attached hydrogens (tertiary/aromatic N) is 2. The Bertz CT molecular complexity index is 1190. The van der Waals surface area contributed by atoms with E-state index in [0.717, 1.165) is 49.5 Å². The van der Waals surface area contributed by atoms with Gasteiger partial charge in [0.2, 0.25) is 5.91 Å². The van der Waals surface area contributed by atoms with Crippen molar-refractivity contribution >= 4 is 23.6 Å². The number of nitrogens with one attached hydrogen (secondary N) is 1. The maximum atomic E-state index is 13.4. The minimum atomic E-state index is -0.327. The van der Waals surface area contributed by atoms with Gasteiger partial charge in [-0.15, -0.1) is 0 Å². The quantitative estimate of drug-likeness (QED) is 0.426. The number of carbonyl (C=O) groups is 2. The molecule has 3 aromatic rings. The van der Waals surface area contributed by atoms with E-state index >= 15 is 0 Å². The lowest BCUT2D eigenvalue weighted by Crippen LogP contribution is -2.41. The van der Waals surface area contributed by atoms with Gasteiger partial charge in [-0.2, -0.15) is 0 Å². The van der Waals surface area contributed by atoms with Crippen molar-refractivity contribution in [2.75, 3.05) is 44.3 Å². The van der Waals surface area contributed by atoms with E-state index in [9.17, 15) is 14.0 Å². The topological polar surface area (TPSA) is 61.9 Å². The molecule has 37 heavy (non-hydrogen) atoms. The molecule has 0 atom stereocenters. The molecule has 1 saturated heterocycles. The average molecular weight is 502 g/mol. The van der Waals surface area contributed by atoms with Crippen LogP contribution >= 0.6 is 0 Å². The predicted molar refractivity (Wildman–Crippen MR) is 143 cm³/mol. The standard InChI is InChI=1S/C30H32FN3O3/c31-27-12-9-25(10-13-27)23-34(30(36)14-11-24-5-2-1-3-6-24)28-8-4-7-26(21-28)22-29(35)32-15-16-33-17-19-37-20-18-33/h1-14,21H,15-20,22-23H2,(H,32,35)/b14-11+. The summed E-state index contributed by atoms with van der Waals surface area (Å²) >= 11 is 0. The summed E-state index contributed by atoms with van der Waals surface area (Å²) in [5.74, 6) is -0.599. The number of ether oxygens (including phenoxy) is 1. The Balaban J connectivity index is 1.44. The summed E-state index contributed by atoms with van der Waals surface area (Å²) < 4.78 is 18.8. The van der Waals surface area contributed by atoms with Gasteiger partial charge in [-0.1, -0.05) is 54.6 Å². The van der Waals surface area contributed by atoms with E-state index in [0.29, 0.717) is 12.2 Å². The molecule has 7 heteroatoms. The fourth-order valence-electron chi connectivity index (χ4n) is 4.15. The Kier molecular flexibility index (Phi) is 9.57. The van der Waals surface area contributed by atoms with Crippen LogP contribution < -0.4 is 10.2 Å². The highest BCUT2D eigenvalue weighted by Gasteiger charge is 2.16. The number of benzene rings is 3. The zero-order chi connectivity index (χ0) is 25.9. The van der Waals surface area contributed by atoms with Crippen LogP contribution in [0.5, 0.6) is 0 Å². The summed E-state index contributed by atoms with van der Waals surface area (Å²) in [7, 11) is 0. The Hall–Kier alpha value is -3.81. The molecular formula is C30H32FN3O3. The summed E-state index contributed by atoms with van der Waals surface area (Å²) in [4.78, 5) is 29.8. The molecule has 1 N–H and O–H groups in total. The highest BCUT2D eigenvalue weighted by molar-refractivity contribution is 6.03. The third-order valence-corrected chi connectivity index (χ3v) is 6.18. The molecule has 0 bridgehead atoms. The van der Waals surface area contributed by atoms with Gasteiger partial charge in [0, 0.05) is 37.9 Å². The summed E-state index contributed by atoms with van der Waals surface area (Å²) in [6.07, 6.45) is 3.52. The number of rotatable bonds is 10. The van der Waals surface area contributed by atoms with Gasteiger partial charge in [0.05, 0.1) is 26.2 Å². The van der Waals surface area contributed by atoms with Gasteiger partial charge >= 0.3 is 0 Å². The number of amides is 2. The Labute approximate surface area is 217 Å². The largest absolute Gasteiger partial charge is 0.379 e. The molecule has 0 aromatic heterocycles. The van der Waals surface area contributed by atoms with Gasteiger partial charge in [-0.25, -0.2) is 4.39 Å². The second-order valence-electron chi connectivity index (χ2n) is 8.95. The zero-order valence-electron chi connectivity index (χ0n) is 20.8. The van der Waals surface area contributed by atoms with E-state index in [-0.39, 0.29) is 30.6 Å². The van der Waals surface area contributed by atoms with E-state index in [1.54, 1.807) is 23.1 Å². The van der Waals surface area contributed by atoms with E-state index in [1.165, 1.54) is 18.2 Å². The number of carbonyl (C=O) groups excluding carboxylic acids is 2. The Morgan fingerprint density at radius 2 is 1.70 bits per heavy atom. The highest BCUT2D eigenvalue weighted by atomic mass is 19.1. The first kappa shape index (κ1) is 26.3. The maximum absolute atomic E-state index is 13.4. The van der Waals surface area contributed by atoms with Crippen LogP contribution in [0, 0.1) is 5.82 Å². The molecule has 4 rings (SSSR count). The van der Waals surface area contributed by atoms with Crippen molar-refractivity contribution in [2.45, 2.75) is 13.0 Å². The molecule has 0 radical (unpaired) electrons. The second-order valence-corrected chi connectivity index (χ2v) is 8.95. The lowest BCUT2D eigenvalue weighted by atomic mass is 10.1. The number of anilines is 1. The monoisotopic (exact) mass is 501 g/mol. The first-order chi connectivity index (χ1) is 18.1. The average Bonchev–Trinajstić information content (AvgIpc) is 2.93. The number of hydrogen-bond acceptors (Lipinski definition) is 4. The van der Waals surface area contributed by atoms with E-state index in [4.69, 9.17) is 4.74 Å². The van der Waals surface area contributed by atoms with Crippen LogP contribution in [0.3, 0.4) is 0 Å². The molecular weight excluding hydrogens is 469 g/mol. The van der Waals surface area contributed by atoms with Crippen LogP contribution in [-0.4, -0.2) is 56.1 Å². The molecule has 1 aliphatic rings. The number of hydrogen-bond donors (Lipinski definition) is 1. The van der Waals surface area contributed by atoms with Gasteiger partial charge in [-0.05, 0) is 47.0 Å². The summed E-state index contributed by atoms with van der Waals surface area (Å²) in [6.45, 7) is 4.88. The minimum Gasteiger partial charge on any atom is -0.379 e. The van der Waals surface area contributed by atoms with Gasteiger partial charge in [0.25, 0.3) is 5.91 Å². The SMILES string of the molecule is O=C(Cc1cccc(N(Cc2ccc(F)cc2)C(=O)/C=C/c2ccccc2)c1)NCCN1CCOCC1. The smallest absolute Gasteiger partial charge is 0.251 e. The molecule has 1 heterocycles. The minimum absolute atomic E-state index is 0.0641. The second kappa shape index (κ2) is 13.5. The lowest BCUT2D eigenvalue weighted by Gasteiger charge is -2.26. The van der Waals surface area contributed by atoms with E-state index < -0.39 is 0 Å². The fourth-order valence-corrected chi connectivity index (χ4v) is 4.15. The van der Waals surface area contributed by atoms with Gasteiger partial charge < -0.3 is 15.0 Å². The number of halogens is 1. The van der Waals surface area contributed by atoms with Crippen molar-refractivity contribution in [3.8, 4) is 0 Å². The molecule has 3 aromatic carbocycles. The third kappa shape index (κ3) is 8.37. The summed E-state index contributed by atoms with van der Waals surface area (Å²) in [6, 6.07) is 23.1. The molecule has 1 fully saturated rings. The summed E-state index contributed by atoms with van der Waals surface area (Å²) in [5, 5.41) is 2.98. The zero-order valence-corrected chi connectivity index (χ0v) is 20.8. The summed E-state index contributed by atoms with van der Waals surface area (Å²) in [5.41, 5.74) is 3.20. The first-order valence-corrected chi connectivity index (χ1v) is 12.5. The molecule has 6 nitrogen and oxygen atoms in total. The molecule has 2 amide bonds. The van der Waals surface area contributed by atoms with Crippen LogP contribution in [0.4, 0.5) is 10.1 Å². The molecule has 1 aliphatic heterocycles. The molecule has 0 unspecified atom stereocenters. The van der Waals surface area contributed by atoms with E-state index in [2.05, 4.69) is 10.2 Å². The van der Waals surface area contributed by atoms with Crippen molar-refractivity contribution in [3.05, 3.63) is 107 Å². The first-order valence-electron chi connectivity index (χ1n) is 12.5. The van der Waals surface area contributed by atoms with Gasteiger partial charge in [-0.3, -0.25) is 14.5 Å². The number of morpholine rings is 1. The van der Waals surface area contributed by atoms with Crippen molar-refractivity contribution in [3.63, 3.8) is 0 Å². The molecule has 0 saturated carbocycles. The molecule has 0 spiro atoms. The Morgan fingerprint density at radius 1 is 0.946 bits per heavy atom. The lowest BCUT2D eigenvalue weighted by molar-refractivity contribution is -0.120. The predicted octanol–water partition coefficient (Wildman–Crippen LogP) is 4.06. The molecule has 0 aliphatic carbocycles. The van der Waals surface area contributed by atoms with Crippen LogP contribution in [0.2, 0.25) is 0 Å². The van der Waals surface area contributed by atoms with E-state index in [1.807, 2.05) is 54.6 Å². The Morgan fingerprint density at radius 3 is 2.46 bits per heavy atom. The van der Waals surface area contributed by atoms with Crippen LogP contribution in [0.1, 0.15) is 16.7 Å². The van der Waals surface area contributed by atoms with Crippen molar-refractivity contribution in [2.24, 2.45) is 0 Å². The normalized spacial score (nSPS) is 14.0. The van der Waals surface area contributed by atoms with Gasteiger partial charge in [0.1, 0.15) is 5.82 Å². The van der Waals surface area contributed by atoms with Crippen LogP contribution in [0.15, 0.2) is 84.9 Å². The van der Waals surface area contributed by atoms with Crippen LogP contribution in [0.25, 0.3) is 6.08 Å².